The Balaban J connectivity index is 1.84. The summed E-state index contributed by atoms with van der Waals surface area (Å²) in [5.41, 5.74) is -0.573. The molecular weight excluding hydrogens is 472 g/mol. The van der Waals surface area contributed by atoms with Crippen molar-refractivity contribution in [2.24, 2.45) is 11.3 Å². The lowest BCUT2D eigenvalue weighted by molar-refractivity contribution is -0.177. The molecule has 4 aliphatic rings. The van der Waals surface area contributed by atoms with E-state index < -0.39 is 28.4 Å². The second-order valence-electron chi connectivity index (χ2n) is 10.0. The minimum absolute atomic E-state index is 0.00144. The van der Waals surface area contributed by atoms with Crippen LogP contribution in [-0.2, 0) is 15.0 Å². The van der Waals surface area contributed by atoms with Crippen molar-refractivity contribution in [3.8, 4) is 5.75 Å². The number of fused-ring (bicyclic) bond motifs is 1. The number of ether oxygens (including phenoxy) is 1. The van der Waals surface area contributed by atoms with E-state index in [0.717, 1.165) is 41.7 Å². The molecule has 1 aromatic carbocycles. The first-order valence-electron chi connectivity index (χ1n) is 11.5. The average molecular weight is 503 g/mol. The van der Waals surface area contributed by atoms with Crippen LogP contribution in [0.1, 0.15) is 45.6 Å². The Hall–Kier alpha value is -1.70. The van der Waals surface area contributed by atoms with Gasteiger partial charge in [0.25, 0.3) is 0 Å². The van der Waals surface area contributed by atoms with Crippen molar-refractivity contribution in [1.82, 2.24) is 4.90 Å². The molecule has 0 radical (unpaired) electrons. The summed E-state index contributed by atoms with van der Waals surface area (Å²) < 4.78 is 6.40. The number of aliphatic hydroxyl groups is 1. The monoisotopic (exact) mass is 502 g/mol. The number of rotatable bonds is 5. The molecule has 2 N–H and O–H groups in total. The zero-order valence-corrected chi connectivity index (χ0v) is 20.7. The number of nitrogens with zero attached hydrogens (tertiary/aromatic N) is 1. The number of ketones is 2. The van der Waals surface area contributed by atoms with Crippen molar-refractivity contribution in [3.63, 3.8) is 0 Å². The number of hydrogen-bond donors (Lipinski definition) is 2. The van der Waals surface area contributed by atoms with Gasteiger partial charge in [0.1, 0.15) is 17.1 Å². The first-order chi connectivity index (χ1) is 15.2. The Bertz CT molecular complexity index is 1040. The SMILES string of the molecule is CCC12C=CCN3CCC4(c5cc(Br)c(OC)cc5N[C@H]4[C@@](O)(C(C)=O)[C@@H]1CC(C)=O)C32. The number of Topliss-reactive ketones (excluding diaryl/α,β-unsaturated/α-hetero) is 2. The van der Waals surface area contributed by atoms with Gasteiger partial charge in [-0.3, -0.25) is 9.69 Å². The van der Waals surface area contributed by atoms with E-state index in [0.29, 0.717) is 5.75 Å². The van der Waals surface area contributed by atoms with Crippen molar-refractivity contribution in [2.75, 3.05) is 25.5 Å². The molecule has 172 valence electrons. The molecule has 3 aliphatic heterocycles. The molecule has 3 unspecified atom stereocenters. The van der Waals surface area contributed by atoms with Gasteiger partial charge in [-0.15, -0.1) is 0 Å². The molecule has 1 spiro atoms. The van der Waals surface area contributed by atoms with E-state index in [1.807, 2.05) is 6.07 Å². The molecule has 5 rings (SSSR count). The van der Waals surface area contributed by atoms with Crippen LogP contribution >= 0.6 is 15.9 Å². The molecule has 1 saturated carbocycles. The van der Waals surface area contributed by atoms with Gasteiger partial charge >= 0.3 is 0 Å². The molecular formula is C25H31BrN2O4. The second-order valence-corrected chi connectivity index (χ2v) is 10.9. The lowest BCUT2D eigenvalue weighted by Crippen LogP contribution is -2.77. The fourth-order valence-electron chi connectivity index (χ4n) is 7.73. The molecule has 0 aromatic heterocycles. The Morgan fingerprint density at radius 3 is 2.72 bits per heavy atom. The predicted octanol–water partition coefficient (Wildman–Crippen LogP) is 3.46. The molecule has 6 atom stereocenters. The first kappa shape index (κ1) is 22.1. The highest BCUT2D eigenvalue weighted by atomic mass is 79.9. The van der Waals surface area contributed by atoms with Gasteiger partial charge in [0.2, 0.25) is 0 Å². The van der Waals surface area contributed by atoms with Crippen LogP contribution in [0.15, 0.2) is 28.8 Å². The quantitative estimate of drug-likeness (QED) is 0.600. The van der Waals surface area contributed by atoms with Crippen LogP contribution in [0.3, 0.4) is 0 Å². The maximum atomic E-state index is 13.3. The van der Waals surface area contributed by atoms with E-state index in [1.165, 1.54) is 6.92 Å². The third kappa shape index (κ3) is 2.48. The van der Waals surface area contributed by atoms with Crippen LogP contribution in [0.2, 0.25) is 0 Å². The van der Waals surface area contributed by atoms with Crippen LogP contribution in [0, 0.1) is 11.3 Å². The first-order valence-corrected chi connectivity index (χ1v) is 12.2. The number of anilines is 1. The summed E-state index contributed by atoms with van der Waals surface area (Å²) in [5, 5.41) is 16.0. The van der Waals surface area contributed by atoms with Gasteiger partial charge < -0.3 is 20.0 Å². The Morgan fingerprint density at radius 2 is 2.09 bits per heavy atom. The van der Waals surface area contributed by atoms with E-state index in [2.05, 4.69) is 51.3 Å². The summed E-state index contributed by atoms with van der Waals surface area (Å²) in [6.07, 6.45) is 6.15. The Labute approximate surface area is 197 Å². The van der Waals surface area contributed by atoms with Gasteiger partial charge in [-0.2, -0.15) is 0 Å². The van der Waals surface area contributed by atoms with Gasteiger partial charge in [0, 0.05) is 47.5 Å². The number of benzene rings is 1. The number of carbonyl (C=O) groups excluding carboxylic acids is 2. The summed E-state index contributed by atoms with van der Waals surface area (Å²) in [5.74, 6) is -0.0675. The van der Waals surface area contributed by atoms with Gasteiger partial charge in [-0.05, 0) is 60.8 Å². The standard InChI is InChI=1S/C25H31BrN2O4/c1-5-23-7-6-9-28-10-8-24(22(23)28)16-12-17(26)19(32-4)13-18(16)27-21(24)25(31,15(3)30)20(23)11-14(2)29/h6-7,12-13,20-22,27,31H,5,8-11H2,1-4H3/t20-,21-,22?,23?,24?,25-/m1/s1. The van der Waals surface area contributed by atoms with Crippen molar-refractivity contribution >= 4 is 33.2 Å². The summed E-state index contributed by atoms with van der Waals surface area (Å²) in [6, 6.07) is 3.65. The topological polar surface area (TPSA) is 78.9 Å². The minimum Gasteiger partial charge on any atom is -0.495 e. The summed E-state index contributed by atoms with van der Waals surface area (Å²) in [4.78, 5) is 28.3. The summed E-state index contributed by atoms with van der Waals surface area (Å²) in [7, 11) is 1.63. The lowest BCUT2D eigenvalue weighted by atomic mass is 9.44. The van der Waals surface area contributed by atoms with Crippen LogP contribution in [-0.4, -0.2) is 59.5 Å². The Morgan fingerprint density at radius 1 is 1.34 bits per heavy atom. The highest BCUT2D eigenvalue weighted by Gasteiger charge is 2.76. The van der Waals surface area contributed by atoms with Crippen LogP contribution in [0.25, 0.3) is 0 Å². The third-order valence-electron chi connectivity index (χ3n) is 8.84. The molecule has 2 fully saturated rings. The number of nitrogens with one attached hydrogen (secondary N) is 1. The van der Waals surface area contributed by atoms with Crippen molar-refractivity contribution in [2.45, 2.75) is 63.1 Å². The maximum Gasteiger partial charge on any atom is 0.163 e. The fraction of sp³-hybridized carbons (Fsp3) is 0.600. The van der Waals surface area contributed by atoms with Crippen LogP contribution < -0.4 is 10.1 Å². The normalized spacial score (nSPS) is 39.1. The summed E-state index contributed by atoms with van der Waals surface area (Å²) >= 11 is 3.66. The molecule has 1 saturated heterocycles. The third-order valence-corrected chi connectivity index (χ3v) is 9.46. The van der Waals surface area contributed by atoms with E-state index >= 15 is 0 Å². The van der Waals surface area contributed by atoms with Crippen molar-refractivity contribution in [3.05, 3.63) is 34.3 Å². The smallest absolute Gasteiger partial charge is 0.163 e. The van der Waals surface area contributed by atoms with E-state index in [9.17, 15) is 14.7 Å². The highest BCUT2D eigenvalue weighted by Crippen LogP contribution is 2.68. The molecule has 1 aliphatic carbocycles. The minimum atomic E-state index is -1.67. The second kappa shape index (κ2) is 7.15. The number of carbonyl (C=O) groups is 2. The van der Waals surface area contributed by atoms with E-state index in [-0.39, 0.29) is 24.0 Å². The van der Waals surface area contributed by atoms with Gasteiger partial charge in [-0.25, -0.2) is 0 Å². The summed E-state index contributed by atoms with van der Waals surface area (Å²) in [6.45, 7) is 6.90. The average Bonchev–Trinajstić information content (AvgIpc) is 3.30. The van der Waals surface area contributed by atoms with Gasteiger partial charge in [0.15, 0.2) is 5.78 Å². The molecule has 7 heteroatoms. The zero-order valence-electron chi connectivity index (χ0n) is 19.1. The lowest BCUT2D eigenvalue weighted by Gasteiger charge is -2.64. The number of methoxy groups -OCH3 is 1. The maximum absolute atomic E-state index is 13.3. The Kier molecular flexibility index (Phi) is 4.94. The largest absolute Gasteiger partial charge is 0.495 e. The van der Waals surface area contributed by atoms with Gasteiger partial charge in [0.05, 0.1) is 17.6 Å². The van der Waals surface area contributed by atoms with E-state index in [4.69, 9.17) is 4.74 Å². The predicted molar refractivity (Wildman–Crippen MR) is 126 cm³/mol. The van der Waals surface area contributed by atoms with Crippen LogP contribution in [0.4, 0.5) is 5.69 Å². The molecule has 1 aromatic rings. The number of hydrogen-bond acceptors (Lipinski definition) is 6. The van der Waals surface area contributed by atoms with Gasteiger partial charge in [-0.1, -0.05) is 19.1 Å². The molecule has 0 amide bonds. The van der Waals surface area contributed by atoms with Crippen LogP contribution in [0.5, 0.6) is 5.75 Å². The van der Waals surface area contributed by atoms with Crippen molar-refractivity contribution in [1.29, 1.82) is 0 Å². The highest BCUT2D eigenvalue weighted by molar-refractivity contribution is 9.10. The fourth-order valence-corrected chi connectivity index (χ4v) is 8.24. The molecule has 6 nitrogen and oxygen atoms in total. The molecule has 3 heterocycles. The zero-order chi connectivity index (χ0) is 23.1. The molecule has 0 bridgehead atoms. The number of halogens is 1. The molecule has 32 heavy (non-hydrogen) atoms. The van der Waals surface area contributed by atoms with Crippen molar-refractivity contribution < 1.29 is 19.4 Å². The van der Waals surface area contributed by atoms with E-state index in [1.54, 1.807) is 14.0 Å².